The molecule has 3 N–H and O–H groups in total. The van der Waals surface area contributed by atoms with Crippen molar-refractivity contribution < 1.29 is 36.3 Å². The van der Waals surface area contributed by atoms with Gasteiger partial charge >= 0.3 is 12.1 Å². The molecule has 0 spiro atoms. The molecule has 3 aromatic carbocycles. The second-order valence-corrected chi connectivity index (χ2v) is 11.3. The van der Waals surface area contributed by atoms with E-state index in [9.17, 15) is 36.3 Å². The van der Waals surface area contributed by atoms with E-state index in [0.717, 1.165) is 6.07 Å². The maximum Gasteiger partial charge on any atom is 0.471 e. The summed E-state index contributed by atoms with van der Waals surface area (Å²) in [4.78, 5) is 37.0. The SMILES string of the molecule is O=C(Nc1c(F)ccc(NC(=O)C(F)(F)F)c1F)c1cc(NC(=O)C2[C@H](c3ccc(Cl)c(Cl)c3)C2(Cl)Cl)ccc1Cl. The molecule has 1 saturated carbocycles. The van der Waals surface area contributed by atoms with Gasteiger partial charge in [-0.2, -0.15) is 13.2 Å². The molecular formula is C25H13Cl5F5N3O3. The first-order valence-electron chi connectivity index (χ1n) is 11.1. The van der Waals surface area contributed by atoms with Crippen molar-refractivity contribution in [3.63, 3.8) is 0 Å². The molecule has 0 radical (unpaired) electrons. The molecule has 1 aliphatic rings. The van der Waals surface area contributed by atoms with Gasteiger partial charge in [0.15, 0.2) is 5.82 Å². The molecule has 0 bridgehead atoms. The molecule has 3 aromatic rings. The van der Waals surface area contributed by atoms with Gasteiger partial charge in [0.2, 0.25) is 5.91 Å². The lowest BCUT2D eigenvalue weighted by Gasteiger charge is -2.14. The molecule has 216 valence electrons. The van der Waals surface area contributed by atoms with Crippen LogP contribution in [0.1, 0.15) is 21.8 Å². The van der Waals surface area contributed by atoms with Crippen molar-refractivity contribution in [1.82, 2.24) is 0 Å². The maximum atomic E-state index is 14.7. The van der Waals surface area contributed by atoms with Crippen molar-refractivity contribution in [3.05, 3.63) is 86.4 Å². The minimum Gasteiger partial charge on any atom is -0.326 e. The summed E-state index contributed by atoms with van der Waals surface area (Å²) in [6, 6.07) is 9.35. The second-order valence-electron chi connectivity index (χ2n) is 8.68. The van der Waals surface area contributed by atoms with Crippen molar-refractivity contribution >= 4 is 92.8 Å². The Morgan fingerprint density at radius 2 is 1.46 bits per heavy atom. The molecule has 2 atom stereocenters. The third-order valence-electron chi connectivity index (χ3n) is 5.95. The van der Waals surface area contributed by atoms with Gasteiger partial charge in [-0.1, -0.05) is 40.9 Å². The van der Waals surface area contributed by atoms with Crippen LogP contribution in [-0.2, 0) is 9.59 Å². The van der Waals surface area contributed by atoms with E-state index in [0.29, 0.717) is 17.7 Å². The van der Waals surface area contributed by atoms with Gasteiger partial charge in [-0.25, -0.2) is 8.78 Å². The molecule has 16 heteroatoms. The normalized spacial score (nSPS) is 17.5. The predicted molar refractivity (Wildman–Crippen MR) is 146 cm³/mol. The minimum absolute atomic E-state index is 0.0283. The van der Waals surface area contributed by atoms with E-state index in [1.165, 1.54) is 29.6 Å². The van der Waals surface area contributed by atoms with Gasteiger partial charge in [0, 0.05) is 11.6 Å². The van der Waals surface area contributed by atoms with Gasteiger partial charge < -0.3 is 16.0 Å². The number of hydrogen-bond acceptors (Lipinski definition) is 3. The zero-order valence-electron chi connectivity index (χ0n) is 19.8. The van der Waals surface area contributed by atoms with Crippen LogP contribution >= 0.6 is 58.0 Å². The zero-order valence-corrected chi connectivity index (χ0v) is 23.6. The number of benzene rings is 3. The van der Waals surface area contributed by atoms with E-state index in [-0.39, 0.29) is 26.3 Å². The molecule has 1 unspecified atom stereocenters. The van der Waals surface area contributed by atoms with E-state index in [1.54, 1.807) is 6.07 Å². The molecule has 0 aromatic heterocycles. The lowest BCUT2D eigenvalue weighted by molar-refractivity contribution is -0.167. The van der Waals surface area contributed by atoms with E-state index in [4.69, 9.17) is 58.0 Å². The zero-order chi connectivity index (χ0) is 30.4. The Bertz CT molecular complexity index is 1590. The highest BCUT2D eigenvalue weighted by Gasteiger charge is 2.67. The molecule has 1 fully saturated rings. The van der Waals surface area contributed by atoms with Crippen LogP contribution in [0.5, 0.6) is 0 Å². The summed E-state index contributed by atoms with van der Waals surface area (Å²) in [5.74, 6) is -8.96. The van der Waals surface area contributed by atoms with Crippen molar-refractivity contribution in [3.8, 4) is 0 Å². The Labute approximate surface area is 253 Å². The smallest absolute Gasteiger partial charge is 0.326 e. The van der Waals surface area contributed by atoms with Crippen LogP contribution in [-0.4, -0.2) is 28.2 Å². The Morgan fingerprint density at radius 3 is 2.10 bits per heavy atom. The van der Waals surface area contributed by atoms with Crippen molar-refractivity contribution in [2.24, 2.45) is 5.92 Å². The number of carbonyl (C=O) groups is 3. The number of hydrogen-bond donors (Lipinski definition) is 3. The Kier molecular flexibility index (Phi) is 8.69. The average molecular weight is 676 g/mol. The molecule has 6 nitrogen and oxygen atoms in total. The predicted octanol–water partition coefficient (Wildman–Crippen LogP) is 8.20. The Balaban J connectivity index is 1.52. The number of alkyl halides is 5. The van der Waals surface area contributed by atoms with Crippen LogP contribution in [0.15, 0.2) is 48.5 Å². The first-order valence-corrected chi connectivity index (χ1v) is 13.0. The third kappa shape index (κ3) is 6.49. The number of amides is 3. The molecule has 0 heterocycles. The lowest BCUT2D eigenvalue weighted by atomic mass is 10.1. The first-order chi connectivity index (χ1) is 19.0. The van der Waals surface area contributed by atoms with Gasteiger partial charge in [0.25, 0.3) is 5.91 Å². The largest absolute Gasteiger partial charge is 0.471 e. The quantitative estimate of drug-likeness (QED) is 0.182. The third-order valence-corrected chi connectivity index (χ3v) is 7.96. The van der Waals surface area contributed by atoms with Gasteiger partial charge in [-0.3, -0.25) is 14.4 Å². The van der Waals surface area contributed by atoms with Crippen molar-refractivity contribution in [1.29, 1.82) is 0 Å². The summed E-state index contributed by atoms with van der Waals surface area (Å²) in [5, 5.41) is 5.97. The summed E-state index contributed by atoms with van der Waals surface area (Å²) in [6.07, 6.45) is -5.35. The first kappa shape index (κ1) is 31.1. The van der Waals surface area contributed by atoms with Crippen LogP contribution in [0.4, 0.5) is 39.0 Å². The summed E-state index contributed by atoms with van der Waals surface area (Å²) in [6.45, 7) is 0. The van der Waals surface area contributed by atoms with Crippen LogP contribution in [0.2, 0.25) is 15.1 Å². The van der Waals surface area contributed by atoms with Gasteiger partial charge in [0.1, 0.15) is 15.8 Å². The van der Waals surface area contributed by atoms with E-state index < -0.39 is 63.1 Å². The fourth-order valence-electron chi connectivity index (χ4n) is 3.91. The van der Waals surface area contributed by atoms with Gasteiger partial charge in [-0.05, 0) is 48.0 Å². The number of anilines is 3. The van der Waals surface area contributed by atoms with Gasteiger partial charge in [0.05, 0.1) is 32.2 Å². The molecule has 1 aliphatic carbocycles. The monoisotopic (exact) mass is 673 g/mol. The fraction of sp³-hybridized carbons (Fsp3) is 0.160. The fourth-order valence-corrected chi connectivity index (χ4v) is 5.25. The molecular weight excluding hydrogens is 663 g/mol. The van der Waals surface area contributed by atoms with Crippen LogP contribution in [0.3, 0.4) is 0 Å². The standard InChI is InChI=1S/C25H13Cl5F5N3O3/c26-12-4-2-10(36-22(40)18-17(24(18,29)30)9-1-3-13(27)14(28)7-9)8-11(12)21(39)38-20-15(31)5-6-16(19(20)32)37-23(41)25(33,34)35/h1-8,17-18H,(H,36,40)(H,37,41)(H,38,39)/t17-,18?/m0/s1. The summed E-state index contributed by atoms with van der Waals surface area (Å²) < 4.78 is 65.2. The van der Waals surface area contributed by atoms with Gasteiger partial charge in [-0.15, -0.1) is 23.2 Å². The van der Waals surface area contributed by atoms with Crippen LogP contribution in [0.25, 0.3) is 0 Å². The number of nitrogens with one attached hydrogen (secondary N) is 3. The molecule has 4 rings (SSSR count). The second kappa shape index (κ2) is 11.4. The van der Waals surface area contributed by atoms with Crippen LogP contribution in [0, 0.1) is 17.6 Å². The summed E-state index contributed by atoms with van der Waals surface area (Å²) in [7, 11) is 0. The highest BCUT2D eigenvalue weighted by atomic mass is 35.5. The summed E-state index contributed by atoms with van der Waals surface area (Å²) in [5.41, 5.74) is -1.98. The van der Waals surface area contributed by atoms with E-state index in [1.807, 2.05) is 5.32 Å². The molecule has 0 saturated heterocycles. The number of rotatable bonds is 6. The Hall–Kier alpha value is -2.83. The molecule has 3 amide bonds. The minimum atomic E-state index is -5.35. The maximum absolute atomic E-state index is 14.7. The molecule has 0 aliphatic heterocycles. The highest BCUT2D eigenvalue weighted by molar-refractivity contribution is 6.53. The van der Waals surface area contributed by atoms with E-state index >= 15 is 0 Å². The molecule has 41 heavy (non-hydrogen) atoms. The van der Waals surface area contributed by atoms with Crippen molar-refractivity contribution in [2.75, 3.05) is 16.0 Å². The van der Waals surface area contributed by atoms with E-state index in [2.05, 4.69) is 5.32 Å². The number of halogens is 10. The average Bonchev–Trinajstić information content (AvgIpc) is 3.47. The highest BCUT2D eigenvalue weighted by Crippen LogP contribution is 2.65. The number of carbonyl (C=O) groups excluding carboxylic acids is 3. The topological polar surface area (TPSA) is 87.3 Å². The van der Waals surface area contributed by atoms with Crippen LogP contribution < -0.4 is 16.0 Å². The summed E-state index contributed by atoms with van der Waals surface area (Å²) >= 11 is 30.7. The Morgan fingerprint density at radius 1 is 0.805 bits per heavy atom. The van der Waals surface area contributed by atoms with Crippen molar-refractivity contribution in [2.45, 2.75) is 16.4 Å². The lowest BCUT2D eigenvalue weighted by Crippen LogP contribution is -2.30.